The molecule has 6 rings (SSSR count). The van der Waals surface area contributed by atoms with Crippen molar-refractivity contribution in [1.82, 2.24) is 0 Å². The average molecular weight is 1220 g/mol. The molecule has 2 aliphatic rings. The van der Waals surface area contributed by atoms with Crippen molar-refractivity contribution in [2.45, 2.75) is 261 Å². The first-order valence-electron chi connectivity index (χ1n) is 30.2. The van der Waals surface area contributed by atoms with Gasteiger partial charge in [0.25, 0.3) is 0 Å². The average Bonchev–Trinajstić information content (AvgIpc) is 0.773. The van der Waals surface area contributed by atoms with Gasteiger partial charge in [0.05, 0.1) is 31.8 Å². The van der Waals surface area contributed by atoms with Gasteiger partial charge in [-0.1, -0.05) is 267 Å². The van der Waals surface area contributed by atoms with Crippen LogP contribution in [0, 0.1) is 16.2 Å². The predicted octanol–water partition coefficient (Wildman–Crippen LogP) is 15.7. The third-order valence-corrected chi connectivity index (χ3v) is 17.3. The lowest BCUT2D eigenvalue weighted by Gasteiger charge is -2.67. The number of rotatable bonds is 8. The molecule has 480 valence electrons. The zero-order valence-corrected chi connectivity index (χ0v) is 59.3. The molecule has 2 saturated heterocycles. The molecule has 4 aromatic rings. The van der Waals surface area contributed by atoms with Crippen LogP contribution in [-0.2, 0) is 73.7 Å². The van der Waals surface area contributed by atoms with Crippen LogP contribution >= 0.6 is 17.2 Å². The Morgan fingerprint density at radius 3 is 0.988 bits per heavy atom. The van der Waals surface area contributed by atoms with Crippen LogP contribution in [0.1, 0.15) is 267 Å². The molecule has 1 spiro atoms. The van der Waals surface area contributed by atoms with Crippen LogP contribution in [0.4, 0.5) is 0 Å². The Balaban J connectivity index is 0.00000182. The van der Waals surface area contributed by atoms with Crippen molar-refractivity contribution < 1.29 is 58.5 Å². The summed E-state index contributed by atoms with van der Waals surface area (Å²) in [6.45, 7) is 63.3. The minimum atomic E-state index is -2.62. The summed E-state index contributed by atoms with van der Waals surface area (Å²) in [6, 6.07) is 28.2. The van der Waals surface area contributed by atoms with Crippen molar-refractivity contribution in [3.8, 4) is 0 Å². The second-order valence-electron chi connectivity index (χ2n) is 33.8. The fraction of sp³-hybridized carbons (Fsp3) is 0.662. The molecule has 85 heavy (non-hydrogen) atoms. The largest absolute Gasteiger partial charge is 0.396 e. The van der Waals surface area contributed by atoms with E-state index in [2.05, 4.69) is 253 Å². The van der Waals surface area contributed by atoms with Gasteiger partial charge in [-0.25, -0.2) is 0 Å². The molecule has 2 heterocycles. The Labute approximate surface area is 516 Å². The van der Waals surface area contributed by atoms with Gasteiger partial charge in [-0.3, -0.25) is 0 Å². The van der Waals surface area contributed by atoms with E-state index in [4.69, 9.17) is 48.3 Å². The summed E-state index contributed by atoms with van der Waals surface area (Å²) in [7, 11) is -5.24. The molecule has 0 aliphatic carbocycles. The van der Waals surface area contributed by atoms with E-state index >= 15 is 0 Å². The van der Waals surface area contributed by atoms with E-state index in [1.165, 1.54) is 22.3 Å². The van der Waals surface area contributed by atoms with Crippen LogP contribution in [0.5, 0.6) is 0 Å². The summed E-state index contributed by atoms with van der Waals surface area (Å²) in [5.41, 5.74) is 6.58. The second-order valence-corrected chi connectivity index (χ2v) is 34.9. The van der Waals surface area contributed by atoms with Crippen LogP contribution in [0.15, 0.2) is 72.8 Å². The molecule has 14 heteroatoms. The Kier molecular flexibility index (Phi) is 22.4. The lowest BCUT2D eigenvalue weighted by atomic mass is 9.54. The third-order valence-electron chi connectivity index (χ3n) is 17.3. The molecule has 0 bridgehead atoms. The van der Waals surface area contributed by atoms with Crippen LogP contribution in [0.25, 0.3) is 0 Å². The van der Waals surface area contributed by atoms with Crippen LogP contribution in [0.3, 0.4) is 0 Å². The zero-order valence-electron chi connectivity index (χ0n) is 57.5. The summed E-state index contributed by atoms with van der Waals surface area (Å²) in [5.74, 6) is -1.66. The van der Waals surface area contributed by atoms with Crippen molar-refractivity contribution in [3.63, 3.8) is 0 Å². The quantitative estimate of drug-likeness (QED) is 0.0778. The van der Waals surface area contributed by atoms with Crippen molar-refractivity contribution >= 4 is 17.2 Å². The number of ether oxygens (including phenoxy) is 4. The number of hydrogen-bond acceptors (Lipinski definition) is 12. The van der Waals surface area contributed by atoms with Crippen molar-refractivity contribution in [3.05, 3.63) is 140 Å². The van der Waals surface area contributed by atoms with Crippen molar-refractivity contribution in [2.75, 3.05) is 26.4 Å². The Morgan fingerprint density at radius 2 is 0.694 bits per heavy atom. The lowest BCUT2D eigenvalue weighted by Crippen LogP contribution is -2.71. The van der Waals surface area contributed by atoms with Gasteiger partial charge in [0, 0.05) is 16.4 Å². The molecule has 2 atom stereocenters. The van der Waals surface area contributed by atoms with Gasteiger partial charge in [0.2, 0.25) is 5.79 Å². The van der Waals surface area contributed by atoms with Crippen LogP contribution < -0.4 is 0 Å². The van der Waals surface area contributed by atoms with Gasteiger partial charge in [0.1, 0.15) is 11.7 Å². The van der Waals surface area contributed by atoms with E-state index in [1.54, 1.807) is 0 Å². The molecular weight excluding hydrogens is 1110 g/mol. The van der Waals surface area contributed by atoms with E-state index in [0.29, 0.717) is 0 Å². The second kappa shape index (κ2) is 25.5. The summed E-state index contributed by atoms with van der Waals surface area (Å²) in [5, 5.41) is 23.5. The molecule has 0 saturated carbocycles. The van der Waals surface area contributed by atoms with Gasteiger partial charge in [-0.15, -0.1) is 0 Å². The third kappa shape index (κ3) is 16.1. The monoisotopic (exact) mass is 1220 g/mol. The van der Waals surface area contributed by atoms with E-state index < -0.39 is 73.5 Å². The van der Waals surface area contributed by atoms with Crippen LogP contribution in [0.2, 0.25) is 0 Å². The van der Waals surface area contributed by atoms with Crippen molar-refractivity contribution in [2.24, 2.45) is 16.2 Å². The zero-order chi connectivity index (χ0) is 65.9. The Morgan fingerprint density at radius 1 is 0.400 bits per heavy atom. The maximum atomic E-state index is 12.5. The highest BCUT2D eigenvalue weighted by Crippen LogP contribution is 2.70. The maximum absolute atomic E-state index is 12.5. The fourth-order valence-electron chi connectivity index (χ4n) is 12.0. The molecular formula is C71H114O12P2. The first kappa shape index (κ1) is 74.7. The van der Waals surface area contributed by atoms with Gasteiger partial charge in [-0.05, 0) is 105 Å². The number of aliphatic hydroxyl groups excluding tert-OH is 2. The molecule has 12 nitrogen and oxygen atoms in total. The normalized spacial score (nSPS) is 21.4. The van der Waals surface area contributed by atoms with E-state index in [-0.39, 0.29) is 53.5 Å². The predicted molar refractivity (Wildman–Crippen MR) is 350 cm³/mol. The van der Waals surface area contributed by atoms with E-state index in [9.17, 15) is 10.2 Å². The summed E-state index contributed by atoms with van der Waals surface area (Å²) < 4.78 is 32.5. The smallest absolute Gasteiger partial charge is 0.324 e. The molecule has 0 aromatic heterocycles. The highest BCUT2D eigenvalue weighted by atomic mass is 31.2. The SMILES string of the molecule is CC(C)(C)c1ccc(C2OC(c3ccc(C(C)(C)C)cc3C(C)(C)C)(C(C)(C)CO)OC(c3ccc(C(C)(C)C)cc3C(C)(C)C)(c3ccc(C(C)(C)C)cc3C(C)(C)C)C23COC(C(C)(C)CO)OC3)c(C(C)(C)C)c1.OP(O)O.OP(O)O. The first-order valence-corrected chi connectivity index (χ1v) is 32.6. The fourth-order valence-corrected chi connectivity index (χ4v) is 12.0. The van der Waals surface area contributed by atoms with Gasteiger partial charge < -0.3 is 58.5 Å². The topological polar surface area (TPSA) is 199 Å². The minimum absolute atomic E-state index is 0.131. The Hall–Kier alpha value is -2.74. The molecule has 2 fully saturated rings. The molecule has 2 aliphatic heterocycles. The van der Waals surface area contributed by atoms with Crippen molar-refractivity contribution in [1.29, 1.82) is 0 Å². The van der Waals surface area contributed by atoms with E-state index in [0.717, 1.165) is 44.5 Å². The molecule has 0 radical (unpaired) electrons. The lowest BCUT2D eigenvalue weighted by molar-refractivity contribution is -0.463. The summed E-state index contributed by atoms with van der Waals surface area (Å²) in [6.07, 6.45) is -1.54. The molecule has 0 amide bonds. The number of aliphatic hydroxyl groups is 2. The number of hydrogen-bond donors (Lipinski definition) is 8. The standard InChI is InChI=1S/C71H108O6.2H3O3P/c1-59(2,3)45-29-33-49(53(37-45)63(13,14)15)57-69(43-74-58(75-44-69)67(25,26)41-72)70(50-34-30-46(60(4,5)6)38-54(50)64(16,17)18,51-35-31-47(61(7,8)9)39-55(51)65(19,20)21)77-71(76-57,68(27,28)42-73)52-36-32-48(62(10,11)12)40-56(52)66(22,23)24;2*1-4(2)3/h29-40,57-58,72-73H,41-44H2,1-28H3;2*1-3H. The summed E-state index contributed by atoms with van der Waals surface area (Å²) in [4.78, 5) is 43.4. The molecule has 8 N–H and O–H groups in total. The highest BCUT2D eigenvalue weighted by molar-refractivity contribution is 7.38. The summed E-state index contributed by atoms with van der Waals surface area (Å²) >= 11 is 0. The minimum Gasteiger partial charge on any atom is -0.396 e. The van der Waals surface area contributed by atoms with E-state index in [1.807, 2.05) is 13.8 Å². The molecule has 2 unspecified atom stereocenters. The van der Waals surface area contributed by atoms with Gasteiger partial charge in [-0.2, -0.15) is 0 Å². The van der Waals surface area contributed by atoms with Crippen LogP contribution in [-0.4, -0.2) is 72.3 Å². The van der Waals surface area contributed by atoms with Gasteiger partial charge in [0.15, 0.2) is 6.29 Å². The van der Waals surface area contributed by atoms with Gasteiger partial charge >= 0.3 is 17.2 Å². The highest BCUT2D eigenvalue weighted by Gasteiger charge is 2.73. The maximum Gasteiger partial charge on any atom is 0.324 e. The molecule has 4 aromatic carbocycles. The first-order chi connectivity index (χ1) is 38.0. The number of benzene rings is 4. The Bertz CT molecular complexity index is 2810.